The number of halogens is 3. The van der Waals surface area contributed by atoms with Crippen molar-refractivity contribution < 1.29 is 42.8 Å². The summed E-state index contributed by atoms with van der Waals surface area (Å²) in [5.41, 5.74) is -0.258. The van der Waals surface area contributed by atoms with Gasteiger partial charge in [0.25, 0.3) is 0 Å². The number of carbonyl (C=O) groups excluding carboxylic acids is 1. The molecule has 1 aliphatic carbocycles. The van der Waals surface area contributed by atoms with E-state index in [-0.39, 0.29) is 43.9 Å². The largest absolute Gasteiger partial charge is 0.463 e. The Morgan fingerprint density at radius 3 is 2.63 bits per heavy atom. The second-order valence-electron chi connectivity index (χ2n) is 9.36. The second-order valence-corrected chi connectivity index (χ2v) is 9.36. The molecule has 1 aromatic rings. The van der Waals surface area contributed by atoms with Gasteiger partial charge in [0.2, 0.25) is 0 Å². The van der Waals surface area contributed by atoms with Crippen molar-refractivity contribution in [2.75, 3.05) is 6.61 Å². The number of unbranched alkanes of at least 4 members (excludes halogenated alkanes) is 1. The summed E-state index contributed by atoms with van der Waals surface area (Å²) in [5.74, 6) is -0.578. The van der Waals surface area contributed by atoms with Gasteiger partial charge in [-0.2, -0.15) is 13.2 Å². The zero-order chi connectivity index (χ0) is 26.0. The van der Waals surface area contributed by atoms with Crippen molar-refractivity contribution in [1.29, 1.82) is 0 Å². The fraction of sp³-hybridized carbons (Fsp3) is 0.654. The van der Waals surface area contributed by atoms with Gasteiger partial charge < -0.3 is 24.8 Å². The molecule has 1 aromatic carbocycles. The van der Waals surface area contributed by atoms with E-state index in [1.807, 2.05) is 12.2 Å². The van der Waals surface area contributed by atoms with E-state index < -0.39 is 36.2 Å². The quantitative estimate of drug-likeness (QED) is 0.213. The highest BCUT2D eigenvalue weighted by Gasteiger charge is 2.42. The van der Waals surface area contributed by atoms with Crippen LogP contribution in [0.25, 0.3) is 0 Å². The average Bonchev–Trinajstić information content (AvgIpc) is 3.04. The van der Waals surface area contributed by atoms with E-state index >= 15 is 0 Å². The van der Waals surface area contributed by atoms with E-state index in [0.29, 0.717) is 31.2 Å². The maximum Gasteiger partial charge on any atom is 0.416 e. The van der Waals surface area contributed by atoms with E-state index in [1.54, 1.807) is 19.9 Å². The molecule has 35 heavy (non-hydrogen) atoms. The van der Waals surface area contributed by atoms with Gasteiger partial charge >= 0.3 is 12.1 Å². The molecule has 198 valence electrons. The molecular weight excluding hydrogens is 465 g/mol. The first-order valence-electron chi connectivity index (χ1n) is 12.1. The molecule has 4 unspecified atom stereocenters. The van der Waals surface area contributed by atoms with Crippen LogP contribution < -0.4 is 0 Å². The maximum absolute atomic E-state index is 12.9. The third-order valence-electron chi connectivity index (χ3n) is 5.97. The minimum absolute atomic E-state index is 0.0917. The zero-order valence-electron chi connectivity index (χ0n) is 20.3. The van der Waals surface area contributed by atoms with Gasteiger partial charge in [0.05, 0.1) is 42.7 Å². The van der Waals surface area contributed by atoms with E-state index in [0.717, 1.165) is 12.1 Å². The molecule has 5 atom stereocenters. The van der Waals surface area contributed by atoms with Crippen LogP contribution in [0.1, 0.15) is 63.5 Å². The van der Waals surface area contributed by atoms with Gasteiger partial charge in [-0.05, 0) is 57.6 Å². The van der Waals surface area contributed by atoms with Crippen LogP contribution in [0, 0.1) is 5.92 Å². The number of carbonyl (C=O) groups is 1. The molecule has 1 fully saturated rings. The smallest absolute Gasteiger partial charge is 0.416 e. The van der Waals surface area contributed by atoms with Gasteiger partial charge in [-0.15, -0.1) is 0 Å². The third-order valence-corrected chi connectivity index (χ3v) is 5.97. The molecule has 6 nitrogen and oxygen atoms in total. The molecule has 0 aliphatic heterocycles. The lowest BCUT2D eigenvalue weighted by molar-refractivity contribution is -0.147. The summed E-state index contributed by atoms with van der Waals surface area (Å²) in [7, 11) is 0. The average molecular weight is 503 g/mol. The predicted octanol–water partition coefficient (Wildman–Crippen LogP) is 4.19. The number of ether oxygens (including phenoxy) is 2. The minimum Gasteiger partial charge on any atom is -0.463 e. The Labute approximate surface area is 204 Å². The van der Waals surface area contributed by atoms with E-state index in [1.165, 1.54) is 6.07 Å². The Hall–Kier alpha value is -1.94. The standard InChI is InChI=1S/C26H37F3O6/c1-17(2)35-24(33)11-6-4-3-5-10-21-22(31)15-23(32)25(21)34-16-20(30)13-12-18-8-7-9-19(14-18)26(27,28)29/h3,5,7-9,14,17,20-23,25,30-32H,4,6,10-13,15-16H2,1-2H3/t20?,21-,22?,23?,25?/m0/s1. The molecule has 1 aliphatic rings. The fourth-order valence-corrected chi connectivity index (χ4v) is 4.19. The lowest BCUT2D eigenvalue weighted by Gasteiger charge is -2.24. The fourth-order valence-electron chi connectivity index (χ4n) is 4.19. The summed E-state index contributed by atoms with van der Waals surface area (Å²) in [6, 6.07) is 4.99. The molecule has 2 rings (SSSR count). The zero-order valence-corrected chi connectivity index (χ0v) is 20.3. The highest BCUT2D eigenvalue weighted by atomic mass is 19.4. The third kappa shape index (κ3) is 10.3. The number of esters is 1. The molecule has 0 bridgehead atoms. The van der Waals surface area contributed by atoms with Crippen LogP contribution in [0.15, 0.2) is 36.4 Å². The normalized spacial score (nSPS) is 23.8. The predicted molar refractivity (Wildman–Crippen MR) is 124 cm³/mol. The molecule has 0 saturated heterocycles. The Bertz CT molecular complexity index is 811. The van der Waals surface area contributed by atoms with Gasteiger partial charge in [-0.1, -0.05) is 30.4 Å². The first-order valence-corrected chi connectivity index (χ1v) is 12.1. The van der Waals surface area contributed by atoms with Crippen molar-refractivity contribution in [1.82, 2.24) is 0 Å². The highest BCUT2D eigenvalue weighted by molar-refractivity contribution is 5.69. The molecular formula is C26H37F3O6. The Balaban J connectivity index is 1.76. The highest BCUT2D eigenvalue weighted by Crippen LogP contribution is 2.33. The van der Waals surface area contributed by atoms with Crippen molar-refractivity contribution in [3.05, 3.63) is 47.5 Å². The lowest BCUT2D eigenvalue weighted by atomic mass is 9.98. The number of benzene rings is 1. The second kappa shape index (κ2) is 14.0. The molecule has 0 amide bonds. The minimum atomic E-state index is -4.42. The van der Waals surface area contributed by atoms with Gasteiger partial charge in [0.1, 0.15) is 0 Å². The summed E-state index contributed by atoms with van der Waals surface area (Å²) in [5, 5.41) is 30.9. The van der Waals surface area contributed by atoms with Crippen LogP contribution in [0.4, 0.5) is 13.2 Å². The number of hydrogen-bond donors (Lipinski definition) is 3. The molecule has 0 spiro atoms. The summed E-state index contributed by atoms with van der Waals surface area (Å²) >= 11 is 0. The number of aliphatic hydroxyl groups is 3. The number of aryl methyl sites for hydroxylation is 1. The van der Waals surface area contributed by atoms with Crippen LogP contribution in [0.2, 0.25) is 0 Å². The van der Waals surface area contributed by atoms with Crippen LogP contribution in [0.3, 0.4) is 0 Å². The van der Waals surface area contributed by atoms with Gasteiger partial charge in [-0.3, -0.25) is 4.79 Å². The number of allylic oxidation sites excluding steroid dienone is 2. The van der Waals surface area contributed by atoms with Gasteiger partial charge in [0.15, 0.2) is 0 Å². The molecule has 0 radical (unpaired) electrons. The Morgan fingerprint density at radius 2 is 1.94 bits per heavy atom. The summed E-state index contributed by atoms with van der Waals surface area (Å²) in [4.78, 5) is 11.5. The summed E-state index contributed by atoms with van der Waals surface area (Å²) < 4.78 is 49.4. The Morgan fingerprint density at radius 1 is 1.20 bits per heavy atom. The van der Waals surface area contributed by atoms with Crippen LogP contribution in [-0.2, 0) is 26.9 Å². The SMILES string of the molecule is CC(C)OC(=O)CCCC=CC[C@H]1C(O)CC(O)C1OCC(O)CCc1cccc(C(F)(F)F)c1. The van der Waals surface area contributed by atoms with Crippen molar-refractivity contribution in [3.63, 3.8) is 0 Å². The van der Waals surface area contributed by atoms with E-state index in [2.05, 4.69) is 0 Å². The van der Waals surface area contributed by atoms with Crippen molar-refractivity contribution in [2.45, 2.75) is 95.5 Å². The summed E-state index contributed by atoms with van der Waals surface area (Å²) in [6.45, 7) is 3.51. The first-order chi connectivity index (χ1) is 16.5. The van der Waals surface area contributed by atoms with E-state index in [9.17, 15) is 33.3 Å². The van der Waals surface area contributed by atoms with Crippen molar-refractivity contribution >= 4 is 5.97 Å². The molecule has 0 aromatic heterocycles. The number of hydrogen-bond acceptors (Lipinski definition) is 6. The van der Waals surface area contributed by atoms with Crippen molar-refractivity contribution in [3.8, 4) is 0 Å². The lowest BCUT2D eigenvalue weighted by Crippen LogP contribution is -2.33. The number of aliphatic hydroxyl groups excluding tert-OH is 3. The summed E-state index contributed by atoms with van der Waals surface area (Å²) in [6.07, 6.45) is -1.18. The van der Waals surface area contributed by atoms with Crippen LogP contribution in [-0.4, -0.2) is 58.4 Å². The van der Waals surface area contributed by atoms with Crippen molar-refractivity contribution in [2.24, 2.45) is 5.92 Å². The van der Waals surface area contributed by atoms with Gasteiger partial charge in [0, 0.05) is 18.8 Å². The van der Waals surface area contributed by atoms with Crippen LogP contribution >= 0.6 is 0 Å². The number of alkyl halides is 3. The number of rotatable bonds is 13. The first kappa shape index (κ1) is 29.3. The topological polar surface area (TPSA) is 96.2 Å². The molecule has 1 saturated carbocycles. The monoisotopic (exact) mass is 502 g/mol. The van der Waals surface area contributed by atoms with E-state index in [4.69, 9.17) is 9.47 Å². The van der Waals surface area contributed by atoms with Gasteiger partial charge in [-0.25, -0.2) is 0 Å². The van der Waals surface area contributed by atoms with Crippen LogP contribution in [0.5, 0.6) is 0 Å². The molecule has 3 N–H and O–H groups in total. The Kier molecular flexibility index (Phi) is 11.7. The molecule has 9 heteroatoms. The molecule has 0 heterocycles. The maximum atomic E-state index is 12.9.